The van der Waals surface area contributed by atoms with Gasteiger partial charge in [-0.05, 0) is 49.7 Å². The summed E-state index contributed by atoms with van der Waals surface area (Å²) in [4.78, 5) is 18.8. The standard InChI is InChI=1S/C20H21Cl2N5O/c1-14(2)26(10-15-4-3-5-16(21)8-15)11-20(28)25-18-9-17(22)6-7-19(18)27-13-23-12-24-27/h3-9,12-14H,10-11H2,1-2H3,(H,25,28). The Bertz CT molecular complexity index is 944. The minimum Gasteiger partial charge on any atom is -0.323 e. The first-order chi connectivity index (χ1) is 13.4. The van der Waals surface area contributed by atoms with Gasteiger partial charge >= 0.3 is 0 Å². The predicted octanol–water partition coefficient (Wildman–Crippen LogP) is 4.42. The average molecular weight is 418 g/mol. The molecule has 28 heavy (non-hydrogen) atoms. The van der Waals surface area contributed by atoms with E-state index in [0.717, 1.165) is 5.56 Å². The zero-order valence-corrected chi connectivity index (χ0v) is 17.2. The van der Waals surface area contributed by atoms with Gasteiger partial charge in [0.05, 0.1) is 17.9 Å². The Kier molecular flexibility index (Phi) is 6.67. The van der Waals surface area contributed by atoms with E-state index in [-0.39, 0.29) is 18.5 Å². The van der Waals surface area contributed by atoms with Gasteiger partial charge in [0, 0.05) is 22.6 Å². The molecule has 0 saturated carbocycles. The molecule has 3 aromatic rings. The molecule has 1 amide bonds. The molecule has 0 spiro atoms. The summed E-state index contributed by atoms with van der Waals surface area (Å²) in [6, 6.07) is 13.1. The van der Waals surface area contributed by atoms with Crippen molar-refractivity contribution in [2.24, 2.45) is 0 Å². The quantitative estimate of drug-likeness (QED) is 0.617. The molecule has 6 nitrogen and oxygen atoms in total. The molecule has 1 aromatic heterocycles. The summed E-state index contributed by atoms with van der Waals surface area (Å²) in [6.45, 7) is 4.96. The van der Waals surface area contributed by atoms with Crippen molar-refractivity contribution >= 4 is 34.8 Å². The number of nitrogens with zero attached hydrogens (tertiary/aromatic N) is 4. The van der Waals surface area contributed by atoms with Crippen molar-refractivity contribution in [3.8, 4) is 5.69 Å². The Morgan fingerprint density at radius 2 is 1.96 bits per heavy atom. The number of carbonyl (C=O) groups is 1. The van der Waals surface area contributed by atoms with Crippen molar-refractivity contribution < 1.29 is 4.79 Å². The van der Waals surface area contributed by atoms with Gasteiger partial charge in [-0.1, -0.05) is 35.3 Å². The fraction of sp³-hybridized carbons (Fsp3) is 0.250. The highest BCUT2D eigenvalue weighted by Crippen LogP contribution is 2.24. The lowest BCUT2D eigenvalue weighted by Crippen LogP contribution is -2.37. The van der Waals surface area contributed by atoms with Crippen LogP contribution in [0.5, 0.6) is 0 Å². The molecule has 146 valence electrons. The van der Waals surface area contributed by atoms with Crippen molar-refractivity contribution in [1.82, 2.24) is 19.7 Å². The van der Waals surface area contributed by atoms with Gasteiger partial charge in [0.1, 0.15) is 12.7 Å². The van der Waals surface area contributed by atoms with Crippen molar-refractivity contribution in [2.75, 3.05) is 11.9 Å². The van der Waals surface area contributed by atoms with E-state index < -0.39 is 0 Å². The number of nitrogens with one attached hydrogen (secondary N) is 1. The van der Waals surface area contributed by atoms with Crippen molar-refractivity contribution in [3.63, 3.8) is 0 Å². The van der Waals surface area contributed by atoms with Crippen LogP contribution in [-0.2, 0) is 11.3 Å². The number of anilines is 1. The zero-order valence-electron chi connectivity index (χ0n) is 15.6. The number of halogens is 2. The van der Waals surface area contributed by atoms with Crippen LogP contribution in [0, 0.1) is 0 Å². The molecule has 0 aliphatic heterocycles. The van der Waals surface area contributed by atoms with E-state index in [1.54, 1.807) is 29.2 Å². The van der Waals surface area contributed by atoms with Crippen LogP contribution in [0.3, 0.4) is 0 Å². The van der Waals surface area contributed by atoms with Crippen LogP contribution in [-0.4, -0.2) is 38.2 Å². The molecular formula is C20H21Cl2N5O. The normalized spacial score (nSPS) is 11.2. The third kappa shape index (κ3) is 5.32. The molecule has 2 aromatic carbocycles. The zero-order chi connectivity index (χ0) is 20.1. The topological polar surface area (TPSA) is 63.1 Å². The van der Waals surface area contributed by atoms with Crippen LogP contribution in [0.25, 0.3) is 5.69 Å². The van der Waals surface area contributed by atoms with Gasteiger partial charge < -0.3 is 5.32 Å². The van der Waals surface area contributed by atoms with Crippen LogP contribution in [0.1, 0.15) is 19.4 Å². The number of carbonyl (C=O) groups excluding carboxylic acids is 1. The molecule has 1 heterocycles. The van der Waals surface area contributed by atoms with Gasteiger partial charge in [0.25, 0.3) is 0 Å². The minimum absolute atomic E-state index is 0.139. The van der Waals surface area contributed by atoms with Crippen LogP contribution in [0.4, 0.5) is 5.69 Å². The average Bonchev–Trinajstić information content (AvgIpc) is 3.15. The molecule has 0 fully saturated rings. The predicted molar refractivity (Wildman–Crippen MR) is 112 cm³/mol. The number of hydrogen-bond acceptors (Lipinski definition) is 4. The van der Waals surface area contributed by atoms with Crippen LogP contribution >= 0.6 is 23.2 Å². The molecule has 0 radical (unpaired) electrons. The van der Waals surface area contributed by atoms with Gasteiger partial charge in [-0.25, -0.2) is 9.67 Å². The van der Waals surface area contributed by atoms with E-state index in [1.165, 1.54) is 6.33 Å². The first-order valence-electron chi connectivity index (χ1n) is 8.85. The van der Waals surface area contributed by atoms with E-state index >= 15 is 0 Å². The Morgan fingerprint density at radius 3 is 2.64 bits per heavy atom. The van der Waals surface area contributed by atoms with E-state index in [1.807, 2.05) is 24.3 Å². The van der Waals surface area contributed by atoms with Crippen molar-refractivity contribution in [1.29, 1.82) is 0 Å². The molecule has 0 aliphatic rings. The SMILES string of the molecule is CC(C)N(CC(=O)Nc1cc(Cl)ccc1-n1cncn1)Cc1cccc(Cl)c1. The molecular weight excluding hydrogens is 397 g/mol. The maximum atomic E-state index is 12.8. The molecule has 0 saturated heterocycles. The second-order valence-corrected chi connectivity index (χ2v) is 7.55. The highest BCUT2D eigenvalue weighted by atomic mass is 35.5. The van der Waals surface area contributed by atoms with Gasteiger partial charge in [-0.15, -0.1) is 0 Å². The summed E-state index contributed by atoms with van der Waals surface area (Å²) in [7, 11) is 0. The minimum atomic E-state index is -0.139. The lowest BCUT2D eigenvalue weighted by atomic mass is 10.2. The molecule has 0 bridgehead atoms. The highest BCUT2D eigenvalue weighted by molar-refractivity contribution is 6.31. The van der Waals surface area contributed by atoms with Crippen LogP contribution < -0.4 is 5.32 Å². The number of rotatable bonds is 7. The Labute approximate surface area is 174 Å². The summed E-state index contributed by atoms with van der Waals surface area (Å²) in [5.41, 5.74) is 2.33. The first kappa shape index (κ1) is 20.3. The van der Waals surface area contributed by atoms with Gasteiger partial charge in [-0.2, -0.15) is 5.10 Å². The first-order valence-corrected chi connectivity index (χ1v) is 9.61. The van der Waals surface area contributed by atoms with Crippen LogP contribution in [0.15, 0.2) is 55.1 Å². The monoisotopic (exact) mass is 417 g/mol. The summed E-state index contributed by atoms with van der Waals surface area (Å²) < 4.78 is 1.58. The molecule has 0 aliphatic carbocycles. The number of aromatic nitrogens is 3. The molecule has 0 unspecified atom stereocenters. The van der Waals surface area contributed by atoms with E-state index in [2.05, 4.69) is 34.1 Å². The maximum Gasteiger partial charge on any atom is 0.238 e. The fourth-order valence-corrected chi connectivity index (χ4v) is 3.19. The van der Waals surface area contributed by atoms with E-state index in [9.17, 15) is 4.79 Å². The largest absolute Gasteiger partial charge is 0.323 e. The Morgan fingerprint density at radius 1 is 1.18 bits per heavy atom. The van der Waals surface area contributed by atoms with Crippen molar-refractivity contribution in [2.45, 2.75) is 26.4 Å². The Balaban J connectivity index is 1.74. The summed E-state index contributed by atoms with van der Waals surface area (Å²) >= 11 is 12.2. The van der Waals surface area contributed by atoms with Gasteiger partial charge in [0.2, 0.25) is 5.91 Å². The lowest BCUT2D eigenvalue weighted by Gasteiger charge is -2.26. The summed E-state index contributed by atoms with van der Waals surface area (Å²) in [5, 5.41) is 8.28. The number of hydrogen-bond donors (Lipinski definition) is 1. The highest BCUT2D eigenvalue weighted by Gasteiger charge is 2.17. The Hall–Kier alpha value is -2.41. The number of benzene rings is 2. The summed E-state index contributed by atoms with van der Waals surface area (Å²) in [6.07, 6.45) is 3.00. The third-order valence-corrected chi connectivity index (χ3v) is 4.72. The lowest BCUT2D eigenvalue weighted by molar-refractivity contribution is -0.117. The second-order valence-electron chi connectivity index (χ2n) is 6.68. The smallest absolute Gasteiger partial charge is 0.238 e. The van der Waals surface area contributed by atoms with Gasteiger partial charge in [0.15, 0.2) is 0 Å². The van der Waals surface area contributed by atoms with Gasteiger partial charge in [-0.3, -0.25) is 9.69 Å². The van der Waals surface area contributed by atoms with Crippen LogP contribution in [0.2, 0.25) is 10.0 Å². The molecule has 1 N–H and O–H groups in total. The summed E-state index contributed by atoms with van der Waals surface area (Å²) in [5.74, 6) is -0.139. The van der Waals surface area contributed by atoms with E-state index in [4.69, 9.17) is 23.2 Å². The number of amides is 1. The molecule has 3 rings (SSSR count). The van der Waals surface area contributed by atoms with Crippen molar-refractivity contribution in [3.05, 3.63) is 70.7 Å². The second kappa shape index (κ2) is 9.19. The third-order valence-electron chi connectivity index (χ3n) is 4.25. The molecule has 8 heteroatoms. The maximum absolute atomic E-state index is 12.8. The fourth-order valence-electron chi connectivity index (χ4n) is 2.81. The van der Waals surface area contributed by atoms with E-state index in [0.29, 0.717) is 28.0 Å². The molecule has 0 atom stereocenters.